The number of hydrogen-bond donors (Lipinski definition) is 1. The fourth-order valence-electron chi connectivity index (χ4n) is 1.52. The molecule has 106 valence electrons. The van der Waals surface area contributed by atoms with Crippen LogP contribution in [-0.4, -0.2) is 30.1 Å². The van der Waals surface area contributed by atoms with E-state index in [1.165, 1.54) is 32.6 Å². The quantitative estimate of drug-likeness (QED) is 0.268. The average molecular weight is 258 g/mol. The summed E-state index contributed by atoms with van der Waals surface area (Å²) in [4.78, 5) is 11.0. The zero-order valence-corrected chi connectivity index (χ0v) is 11.6. The Labute approximate surface area is 110 Å². The van der Waals surface area contributed by atoms with Crippen LogP contribution in [0.5, 0.6) is 0 Å². The van der Waals surface area contributed by atoms with Gasteiger partial charge in [0.1, 0.15) is 6.10 Å². The molecule has 4 nitrogen and oxygen atoms in total. The van der Waals surface area contributed by atoms with Crippen LogP contribution in [0.1, 0.15) is 52.4 Å². The van der Waals surface area contributed by atoms with Crippen molar-refractivity contribution in [1.29, 1.82) is 0 Å². The zero-order chi connectivity index (χ0) is 13.8. The smallest absolute Gasteiger partial charge is 0.332 e. The Kier molecular flexibility index (Phi) is 10.7. The minimum absolute atomic E-state index is 0.492. The van der Waals surface area contributed by atoms with Gasteiger partial charge in [-0.1, -0.05) is 45.6 Å². The van der Waals surface area contributed by atoms with Gasteiger partial charge in [0.05, 0.1) is 6.61 Å². The van der Waals surface area contributed by atoms with Crippen molar-refractivity contribution in [2.24, 2.45) is 0 Å². The van der Waals surface area contributed by atoms with Gasteiger partial charge in [0, 0.05) is 6.08 Å². The van der Waals surface area contributed by atoms with E-state index in [0.717, 1.165) is 18.9 Å². The van der Waals surface area contributed by atoms with E-state index in [-0.39, 0.29) is 0 Å². The van der Waals surface area contributed by atoms with Crippen LogP contribution in [0.2, 0.25) is 0 Å². The third-order valence-electron chi connectivity index (χ3n) is 2.57. The highest BCUT2D eigenvalue weighted by atomic mass is 16.7. The Balaban J connectivity index is 3.64. The fourth-order valence-corrected chi connectivity index (χ4v) is 1.52. The molecular weight excluding hydrogens is 232 g/mol. The molecule has 0 rings (SSSR count). The SMILES string of the molecule is C=CC(=O)OC(OCCCCCCCC)C(C)O. The number of carbonyl (C=O) groups is 1. The molecule has 1 N–H and O–H groups in total. The van der Waals surface area contributed by atoms with Crippen LogP contribution in [-0.2, 0) is 14.3 Å². The molecule has 18 heavy (non-hydrogen) atoms. The highest BCUT2D eigenvalue weighted by Crippen LogP contribution is 2.08. The van der Waals surface area contributed by atoms with Crippen LogP contribution in [0.4, 0.5) is 0 Å². The summed E-state index contributed by atoms with van der Waals surface area (Å²) in [5, 5.41) is 9.39. The van der Waals surface area contributed by atoms with Gasteiger partial charge in [-0.05, 0) is 13.3 Å². The fraction of sp³-hybridized carbons (Fsp3) is 0.786. The second kappa shape index (κ2) is 11.2. The summed E-state index contributed by atoms with van der Waals surface area (Å²) >= 11 is 0. The first-order valence-corrected chi connectivity index (χ1v) is 6.74. The lowest BCUT2D eigenvalue weighted by molar-refractivity contribution is -0.196. The monoisotopic (exact) mass is 258 g/mol. The Morgan fingerprint density at radius 3 is 2.44 bits per heavy atom. The molecule has 0 saturated carbocycles. The predicted octanol–water partition coefficient (Wildman–Crippen LogP) is 2.80. The van der Waals surface area contributed by atoms with Crippen molar-refractivity contribution >= 4 is 5.97 Å². The van der Waals surface area contributed by atoms with Gasteiger partial charge >= 0.3 is 5.97 Å². The molecule has 2 unspecified atom stereocenters. The molecule has 0 heterocycles. The minimum atomic E-state index is -0.897. The summed E-state index contributed by atoms with van der Waals surface area (Å²) < 4.78 is 10.2. The molecule has 0 aromatic carbocycles. The number of aliphatic hydroxyl groups is 1. The van der Waals surface area contributed by atoms with E-state index in [0.29, 0.717) is 6.61 Å². The Hall–Kier alpha value is -0.870. The van der Waals surface area contributed by atoms with E-state index in [1.54, 1.807) is 0 Å². The number of hydrogen-bond acceptors (Lipinski definition) is 4. The molecule has 0 amide bonds. The highest BCUT2D eigenvalue weighted by Gasteiger charge is 2.18. The van der Waals surface area contributed by atoms with Crippen molar-refractivity contribution in [3.05, 3.63) is 12.7 Å². The molecule has 0 aliphatic heterocycles. The molecular formula is C14H26O4. The Morgan fingerprint density at radius 1 is 1.28 bits per heavy atom. The van der Waals surface area contributed by atoms with Crippen LogP contribution in [0.25, 0.3) is 0 Å². The van der Waals surface area contributed by atoms with Crippen molar-refractivity contribution in [3.8, 4) is 0 Å². The van der Waals surface area contributed by atoms with Gasteiger partial charge in [0.25, 0.3) is 0 Å². The first kappa shape index (κ1) is 17.1. The third-order valence-corrected chi connectivity index (χ3v) is 2.57. The van der Waals surface area contributed by atoms with Gasteiger partial charge < -0.3 is 14.6 Å². The van der Waals surface area contributed by atoms with Gasteiger partial charge in [-0.15, -0.1) is 0 Å². The van der Waals surface area contributed by atoms with Gasteiger partial charge in [0.15, 0.2) is 0 Å². The van der Waals surface area contributed by atoms with Crippen molar-refractivity contribution in [2.75, 3.05) is 6.61 Å². The van der Waals surface area contributed by atoms with Crippen LogP contribution in [0.3, 0.4) is 0 Å². The molecule has 0 aliphatic carbocycles. The summed E-state index contributed by atoms with van der Waals surface area (Å²) in [5.74, 6) is -0.580. The Morgan fingerprint density at radius 2 is 1.89 bits per heavy atom. The van der Waals surface area contributed by atoms with E-state index in [4.69, 9.17) is 9.47 Å². The van der Waals surface area contributed by atoms with E-state index < -0.39 is 18.4 Å². The Bertz CT molecular complexity index is 226. The molecule has 0 aliphatic rings. The summed E-state index contributed by atoms with van der Waals surface area (Å²) in [6.45, 7) is 7.51. The van der Waals surface area contributed by atoms with Crippen LogP contribution < -0.4 is 0 Å². The normalized spacial score (nSPS) is 13.9. The van der Waals surface area contributed by atoms with Crippen molar-refractivity contribution in [3.63, 3.8) is 0 Å². The predicted molar refractivity (Wildman–Crippen MR) is 71.1 cm³/mol. The highest BCUT2D eigenvalue weighted by molar-refractivity contribution is 5.81. The number of rotatable bonds is 11. The maximum atomic E-state index is 11.0. The molecule has 2 atom stereocenters. The van der Waals surface area contributed by atoms with E-state index in [2.05, 4.69) is 13.5 Å². The molecule has 0 aromatic heterocycles. The van der Waals surface area contributed by atoms with Crippen LogP contribution in [0.15, 0.2) is 12.7 Å². The summed E-state index contributed by atoms with van der Waals surface area (Å²) in [6.07, 6.45) is 6.29. The van der Waals surface area contributed by atoms with Crippen LogP contribution >= 0.6 is 0 Å². The molecule has 0 aromatic rings. The number of carbonyl (C=O) groups excluding carboxylic acids is 1. The topological polar surface area (TPSA) is 55.8 Å². The minimum Gasteiger partial charge on any atom is -0.430 e. The number of ether oxygens (including phenoxy) is 2. The third kappa shape index (κ3) is 9.19. The maximum absolute atomic E-state index is 11.0. The van der Waals surface area contributed by atoms with Crippen molar-refractivity contribution in [1.82, 2.24) is 0 Å². The van der Waals surface area contributed by atoms with Crippen LogP contribution in [0, 0.1) is 0 Å². The van der Waals surface area contributed by atoms with E-state index in [1.807, 2.05) is 0 Å². The number of esters is 1. The van der Waals surface area contributed by atoms with E-state index in [9.17, 15) is 9.90 Å². The second-order valence-corrected chi connectivity index (χ2v) is 4.39. The standard InChI is InChI=1S/C14H26O4/c1-4-6-7-8-9-10-11-17-14(12(3)15)18-13(16)5-2/h5,12,14-15H,2,4,6-11H2,1,3H3. The first-order valence-electron chi connectivity index (χ1n) is 6.74. The summed E-state index contributed by atoms with van der Waals surface area (Å²) in [5.41, 5.74) is 0. The average Bonchev–Trinajstić information content (AvgIpc) is 2.35. The molecule has 0 fully saturated rings. The first-order chi connectivity index (χ1) is 8.61. The molecule has 4 heteroatoms. The van der Waals surface area contributed by atoms with Gasteiger partial charge in [-0.25, -0.2) is 4.79 Å². The van der Waals surface area contributed by atoms with Crippen molar-refractivity contribution < 1.29 is 19.4 Å². The lowest BCUT2D eigenvalue weighted by atomic mass is 10.1. The second-order valence-electron chi connectivity index (χ2n) is 4.39. The van der Waals surface area contributed by atoms with Crippen molar-refractivity contribution in [2.45, 2.75) is 64.8 Å². The summed E-state index contributed by atoms with van der Waals surface area (Å²) in [7, 11) is 0. The summed E-state index contributed by atoms with van der Waals surface area (Å²) in [6, 6.07) is 0. The molecule has 0 radical (unpaired) electrons. The lowest BCUT2D eigenvalue weighted by Crippen LogP contribution is -2.31. The maximum Gasteiger partial charge on any atom is 0.332 e. The molecule has 0 bridgehead atoms. The number of unbranched alkanes of at least 4 members (excludes halogenated alkanes) is 5. The lowest BCUT2D eigenvalue weighted by Gasteiger charge is -2.20. The largest absolute Gasteiger partial charge is 0.430 e. The van der Waals surface area contributed by atoms with Gasteiger partial charge in [0.2, 0.25) is 6.29 Å². The number of aliphatic hydroxyl groups excluding tert-OH is 1. The van der Waals surface area contributed by atoms with E-state index >= 15 is 0 Å². The molecule has 0 spiro atoms. The zero-order valence-electron chi connectivity index (χ0n) is 11.6. The van der Waals surface area contributed by atoms with Gasteiger partial charge in [-0.2, -0.15) is 0 Å². The van der Waals surface area contributed by atoms with Gasteiger partial charge in [-0.3, -0.25) is 0 Å². The molecule has 0 saturated heterocycles.